The molecule has 1 amide bonds. The van der Waals surface area contributed by atoms with Gasteiger partial charge >= 0.3 is 6.09 Å². The molecule has 2 rings (SSSR count). The monoisotopic (exact) mass is 294 g/mol. The van der Waals surface area contributed by atoms with Gasteiger partial charge in [0, 0.05) is 30.7 Å². The number of nitrogens with one attached hydrogen (secondary N) is 1. The van der Waals surface area contributed by atoms with E-state index in [4.69, 9.17) is 4.74 Å². The lowest BCUT2D eigenvalue weighted by atomic mass is 10.0. The molecule has 1 N–H and O–H groups in total. The maximum atomic E-state index is 13.7. The summed E-state index contributed by atoms with van der Waals surface area (Å²) in [6, 6.07) is 6.83. The van der Waals surface area contributed by atoms with Crippen molar-refractivity contribution >= 4 is 6.09 Å². The highest BCUT2D eigenvalue weighted by Gasteiger charge is 2.34. The first-order valence-electron chi connectivity index (χ1n) is 7.24. The largest absolute Gasteiger partial charge is 0.444 e. The van der Waals surface area contributed by atoms with Gasteiger partial charge in [-0.05, 0) is 33.8 Å². The van der Waals surface area contributed by atoms with Gasteiger partial charge in [0.25, 0.3) is 0 Å². The topological polar surface area (TPSA) is 41.6 Å². The van der Waals surface area contributed by atoms with Crippen LogP contribution in [0.15, 0.2) is 24.3 Å². The van der Waals surface area contributed by atoms with E-state index in [1.165, 1.54) is 6.07 Å². The molecule has 0 aromatic heterocycles. The fourth-order valence-corrected chi connectivity index (χ4v) is 2.33. The van der Waals surface area contributed by atoms with Crippen LogP contribution in [-0.2, 0) is 4.74 Å². The second-order valence-electron chi connectivity index (χ2n) is 6.49. The zero-order valence-corrected chi connectivity index (χ0v) is 13.0. The number of carbonyl (C=O) groups is 1. The number of halogens is 1. The zero-order valence-electron chi connectivity index (χ0n) is 13.0. The van der Waals surface area contributed by atoms with E-state index in [-0.39, 0.29) is 24.0 Å². The highest BCUT2D eigenvalue weighted by Crippen LogP contribution is 2.20. The van der Waals surface area contributed by atoms with Gasteiger partial charge in [-0.25, -0.2) is 9.18 Å². The molecule has 1 fully saturated rings. The molecular formula is C16H23FN2O2. The number of nitrogens with zero attached hydrogens (tertiary/aromatic N) is 1. The first kappa shape index (κ1) is 15.8. The van der Waals surface area contributed by atoms with E-state index in [9.17, 15) is 9.18 Å². The number of amides is 1. The average Bonchev–Trinajstić information content (AvgIpc) is 2.31. The van der Waals surface area contributed by atoms with Crippen molar-refractivity contribution in [2.75, 3.05) is 13.1 Å². The van der Waals surface area contributed by atoms with Gasteiger partial charge in [-0.15, -0.1) is 0 Å². The van der Waals surface area contributed by atoms with Crippen molar-refractivity contribution in [3.05, 3.63) is 35.6 Å². The fourth-order valence-electron chi connectivity index (χ4n) is 2.33. The molecule has 1 aliphatic rings. The van der Waals surface area contributed by atoms with Crippen LogP contribution in [0.25, 0.3) is 0 Å². The Morgan fingerprint density at radius 1 is 1.38 bits per heavy atom. The predicted octanol–water partition coefficient (Wildman–Crippen LogP) is 3.10. The second kappa shape index (κ2) is 6.02. The van der Waals surface area contributed by atoms with Crippen LogP contribution in [-0.4, -0.2) is 35.7 Å². The van der Waals surface area contributed by atoms with Gasteiger partial charge in [-0.3, -0.25) is 0 Å². The summed E-state index contributed by atoms with van der Waals surface area (Å²) in [6.07, 6.45) is -0.293. The number of rotatable bonds is 3. The molecule has 0 aliphatic carbocycles. The Labute approximate surface area is 125 Å². The molecule has 1 aliphatic heterocycles. The van der Waals surface area contributed by atoms with Crippen LogP contribution in [0.4, 0.5) is 9.18 Å². The Hall–Kier alpha value is -1.62. The Kier molecular flexibility index (Phi) is 4.52. The minimum absolute atomic E-state index is 0.0861. The molecule has 0 saturated carbocycles. The Morgan fingerprint density at radius 2 is 2.00 bits per heavy atom. The van der Waals surface area contributed by atoms with Gasteiger partial charge in [0.05, 0.1) is 0 Å². The molecule has 1 aromatic carbocycles. The first-order valence-corrected chi connectivity index (χ1v) is 7.24. The highest BCUT2D eigenvalue weighted by atomic mass is 19.1. The van der Waals surface area contributed by atoms with E-state index >= 15 is 0 Å². The smallest absolute Gasteiger partial charge is 0.410 e. The Morgan fingerprint density at radius 3 is 2.57 bits per heavy atom. The summed E-state index contributed by atoms with van der Waals surface area (Å²) in [5.74, 6) is -0.208. The van der Waals surface area contributed by atoms with Crippen LogP contribution in [0, 0.1) is 5.82 Å². The van der Waals surface area contributed by atoms with Crippen molar-refractivity contribution in [2.45, 2.75) is 45.4 Å². The molecule has 4 nitrogen and oxygen atoms in total. The van der Waals surface area contributed by atoms with Gasteiger partial charge < -0.3 is 15.0 Å². The quantitative estimate of drug-likeness (QED) is 0.931. The van der Waals surface area contributed by atoms with Crippen molar-refractivity contribution < 1.29 is 13.9 Å². The SMILES string of the molecule is CC(NC1CN(C(=O)OC(C)(C)C)C1)c1ccccc1F. The standard InChI is InChI=1S/C16H23FN2O2/c1-11(13-7-5-6-8-14(13)17)18-12-9-19(10-12)15(20)21-16(2,3)4/h5-8,11-12,18H,9-10H2,1-4H3. The normalized spacial score (nSPS) is 17.3. The van der Waals surface area contributed by atoms with Crippen molar-refractivity contribution in [3.8, 4) is 0 Å². The summed E-state index contributed by atoms with van der Waals surface area (Å²) >= 11 is 0. The third kappa shape index (κ3) is 4.17. The summed E-state index contributed by atoms with van der Waals surface area (Å²) in [5, 5.41) is 3.33. The fraction of sp³-hybridized carbons (Fsp3) is 0.562. The highest BCUT2D eigenvalue weighted by molar-refractivity contribution is 5.69. The van der Waals surface area contributed by atoms with E-state index in [2.05, 4.69) is 5.32 Å². The van der Waals surface area contributed by atoms with Crippen LogP contribution < -0.4 is 5.32 Å². The third-order valence-electron chi connectivity index (χ3n) is 3.39. The molecule has 1 saturated heterocycles. The van der Waals surface area contributed by atoms with Crippen molar-refractivity contribution in [3.63, 3.8) is 0 Å². The molecule has 1 atom stereocenters. The Bertz CT molecular complexity index is 507. The number of hydrogen-bond donors (Lipinski definition) is 1. The van der Waals surface area contributed by atoms with Crippen molar-refractivity contribution in [2.24, 2.45) is 0 Å². The molecule has 0 radical (unpaired) electrons. The number of likely N-dealkylation sites (tertiary alicyclic amines) is 1. The van der Waals surface area contributed by atoms with Crippen LogP contribution in [0.3, 0.4) is 0 Å². The van der Waals surface area contributed by atoms with Gasteiger partial charge in [-0.1, -0.05) is 18.2 Å². The molecule has 0 bridgehead atoms. The van der Waals surface area contributed by atoms with Gasteiger partial charge in [0.2, 0.25) is 0 Å². The van der Waals surface area contributed by atoms with E-state index < -0.39 is 5.60 Å². The Balaban J connectivity index is 1.81. The van der Waals surface area contributed by atoms with Crippen LogP contribution in [0.1, 0.15) is 39.3 Å². The summed E-state index contributed by atoms with van der Waals surface area (Å²) in [5.41, 5.74) is 0.170. The summed E-state index contributed by atoms with van der Waals surface area (Å²) in [6.45, 7) is 8.65. The lowest BCUT2D eigenvalue weighted by Crippen LogP contribution is -2.60. The lowest BCUT2D eigenvalue weighted by Gasteiger charge is -2.41. The van der Waals surface area contributed by atoms with E-state index in [0.29, 0.717) is 18.7 Å². The number of hydrogen-bond acceptors (Lipinski definition) is 3. The summed E-state index contributed by atoms with van der Waals surface area (Å²) in [7, 11) is 0. The second-order valence-corrected chi connectivity index (χ2v) is 6.49. The van der Waals surface area contributed by atoms with E-state index in [1.54, 1.807) is 17.0 Å². The van der Waals surface area contributed by atoms with E-state index in [0.717, 1.165) is 0 Å². The van der Waals surface area contributed by atoms with Crippen LogP contribution >= 0.6 is 0 Å². The molecule has 116 valence electrons. The van der Waals surface area contributed by atoms with Gasteiger partial charge in [0.1, 0.15) is 11.4 Å². The minimum Gasteiger partial charge on any atom is -0.444 e. The molecule has 0 spiro atoms. The van der Waals surface area contributed by atoms with Crippen LogP contribution in [0.5, 0.6) is 0 Å². The molecule has 1 unspecified atom stereocenters. The molecule has 21 heavy (non-hydrogen) atoms. The zero-order chi connectivity index (χ0) is 15.6. The summed E-state index contributed by atoms with van der Waals surface area (Å²) < 4.78 is 19.0. The predicted molar refractivity (Wildman–Crippen MR) is 79.5 cm³/mol. The average molecular weight is 294 g/mol. The molecular weight excluding hydrogens is 271 g/mol. The molecule has 1 aromatic rings. The summed E-state index contributed by atoms with van der Waals surface area (Å²) in [4.78, 5) is 13.5. The first-order chi connectivity index (χ1) is 9.76. The lowest BCUT2D eigenvalue weighted by molar-refractivity contribution is 0.00429. The van der Waals surface area contributed by atoms with Gasteiger partial charge in [0.15, 0.2) is 0 Å². The molecule has 5 heteroatoms. The maximum absolute atomic E-state index is 13.7. The van der Waals surface area contributed by atoms with Crippen molar-refractivity contribution in [1.82, 2.24) is 10.2 Å². The third-order valence-corrected chi connectivity index (χ3v) is 3.39. The van der Waals surface area contributed by atoms with Crippen molar-refractivity contribution in [1.29, 1.82) is 0 Å². The number of benzene rings is 1. The number of carbonyl (C=O) groups excluding carboxylic acids is 1. The maximum Gasteiger partial charge on any atom is 0.410 e. The number of ether oxygens (including phenoxy) is 1. The van der Waals surface area contributed by atoms with Crippen LogP contribution in [0.2, 0.25) is 0 Å². The van der Waals surface area contributed by atoms with E-state index in [1.807, 2.05) is 33.8 Å². The minimum atomic E-state index is -0.476. The molecule has 1 heterocycles. The van der Waals surface area contributed by atoms with Gasteiger partial charge in [-0.2, -0.15) is 0 Å².